The second-order valence-corrected chi connectivity index (χ2v) is 6.47. The van der Waals surface area contributed by atoms with Gasteiger partial charge in [0.2, 0.25) is 0 Å². The largest absolute Gasteiger partial charge is 0.368 e. The molecule has 1 aromatic carbocycles. The maximum atomic E-state index is 12.8. The van der Waals surface area contributed by atoms with E-state index in [0.717, 1.165) is 20.7 Å². The molecule has 0 radical (unpaired) electrons. The highest BCUT2D eigenvalue weighted by Gasteiger charge is 2.27. The number of hydrogen-bond acceptors (Lipinski definition) is 5. The van der Waals surface area contributed by atoms with Gasteiger partial charge in [-0.1, -0.05) is 18.2 Å². The first-order chi connectivity index (χ1) is 11.3. The van der Waals surface area contributed by atoms with Gasteiger partial charge in [0.15, 0.2) is 0 Å². The minimum atomic E-state index is -0.212. The van der Waals surface area contributed by atoms with Crippen molar-refractivity contribution in [3.8, 4) is 0 Å². The first-order valence-electron chi connectivity index (χ1n) is 7.46. The Bertz CT molecular complexity index is 801. The predicted octanol–water partition coefficient (Wildman–Crippen LogP) is 2.91. The summed E-state index contributed by atoms with van der Waals surface area (Å²) in [6, 6.07) is 10.0. The summed E-state index contributed by atoms with van der Waals surface area (Å²) in [6.07, 6.45) is 4.76. The number of amides is 1. The van der Waals surface area contributed by atoms with Gasteiger partial charge >= 0.3 is 0 Å². The molecule has 4 rings (SSSR count). The Morgan fingerprint density at radius 1 is 1.30 bits per heavy atom. The van der Waals surface area contributed by atoms with Crippen LogP contribution in [0.25, 0.3) is 10.1 Å². The molecule has 1 aliphatic rings. The number of carbonyl (C=O) groups is 1. The van der Waals surface area contributed by atoms with Crippen LogP contribution in [0, 0.1) is 0 Å². The van der Waals surface area contributed by atoms with Crippen LogP contribution in [0.3, 0.4) is 0 Å². The van der Waals surface area contributed by atoms with Crippen molar-refractivity contribution in [2.75, 3.05) is 19.7 Å². The number of benzene rings is 1. The molecule has 0 saturated carbocycles. The number of fused-ring (bicyclic) bond motifs is 1. The minimum Gasteiger partial charge on any atom is -0.368 e. The second-order valence-electron chi connectivity index (χ2n) is 5.39. The lowest BCUT2D eigenvalue weighted by Gasteiger charge is -2.32. The van der Waals surface area contributed by atoms with Crippen molar-refractivity contribution in [1.82, 2.24) is 14.9 Å². The molecule has 116 valence electrons. The van der Waals surface area contributed by atoms with E-state index in [4.69, 9.17) is 4.74 Å². The standard InChI is InChI=1S/C17H15N3O2S/c21-17(16-9-12-3-1-2-4-15(12)23-16)20-7-8-22-14(11-20)13-10-18-5-6-19-13/h1-6,9-10,14H,7-8,11H2/t14-/m0/s1. The van der Waals surface area contributed by atoms with Crippen LogP contribution >= 0.6 is 11.3 Å². The van der Waals surface area contributed by atoms with Gasteiger partial charge in [0.05, 0.1) is 29.9 Å². The molecule has 2 aromatic heterocycles. The van der Waals surface area contributed by atoms with E-state index < -0.39 is 0 Å². The first-order valence-corrected chi connectivity index (χ1v) is 8.28. The zero-order valence-corrected chi connectivity index (χ0v) is 13.2. The van der Waals surface area contributed by atoms with Crippen molar-refractivity contribution >= 4 is 27.3 Å². The molecule has 1 aliphatic heterocycles. The summed E-state index contributed by atoms with van der Waals surface area (Å²) in [4.78, 5) is 23.8. The molecule has 0 unspecified atom stereocenters. The first kappa shape index (κ1) is 14.3. The van der Waals surface area contributed by atoms with Crippen molar-refractivity contribution in [1.29, 1.82) is 0 Å². The summed E-state index contributed by atoms with van der Waals surface area (Å²) in [7, 11) is 0. The number of hydrogen-bond donors (Lipinski definition) is 0. The van der Waals surface area contributed by atoms with E-state index in [2.05, 4.69) is 9.97 Å². The van der Waals surface area contributed by atoms with Crippen LogP contribution in [0.2, 0.25) is 0 Å². The quantitative estimate of drug-likeness (QED) is 0.727. The monoisotopic (exact) mass is 325 g/mol. The second kappa shape index (κ2) is 6.06. The van der Waals surface area contributed by atoms with Gasteiger partial charge in [0, 0.05) is 23.6 Å². The van der Waals surface area contributed by atoms with E-state index in [9.17, 15) is 4.79 Å². The molecule has 0 bridgehead atoms. The molecule has 0 spiro atoms. The van der Waals surface area contributed by atoms with Gasteiger partial charge in [0.1, 0.15) is 6.10 Å². The molecule has 23 heavy (non-hydrogen) atoms. The van der Waals surface area contributed by atoms with Crippen LogP contribution in [0.4, 0.5) is 0 Å². The molecule has 0 N–H and O–H groups in total. The summed E-state index contributed by atoms with van der Waals surface area (Å²) < 4.78 is 6.88. The fourth-order valence-corrected chi connectivity index (χ4v) is 3.76. The van der Waals surface area contributed by atoms with Crippen molar-refractivity contribution in [2.24, 2.45) is 0 Å². The Morgan fingerprint density at radius 2 is 2.22 bits per heavy atom. The van der Waals surface area contributed by atoms with Gasteiger partial charge in [-0.2, -0.15) is 0 Å². The zero-order chi connectivity index (χ0) is 15.6. The number of carbonyl (C=O) groups excluding carboxylic acids is 1. The molecule has 1 saturated heterocycles. The fraction of sp³-hybridized carbons (Fsp3) is 0.235. The molecule has 1 fully saturated rings. The predicted molar refractivity (Wildman–Crippen MR) is 88.5 cm³/mol. The van der Waals surface area contributed by atoms with Crippen LogP contribution in [0.5, 0.6) is 0 Å². The van der Waals surface area contributed by atoms with Gasteiger partial charge in [-0.25, -0.2) is 0 Å². The van der Waals surface area contributed by atoms with Crippen molar-refractivity contribution in [2.45, 2.75) is 6.10 Å². The van der Waals surface area contributed by atoms with E-state index in [1.807, 2.05) is 35.2 Å². The van der Waals surface area contributed by atoms with E-state index in [1.165, 1.54) is 11.3 Å². The number of thiophene rings is 1. The lowest BCUT2D eigenvalue weighted by atomic mass is 10.2. The number of morpholine rings is 1. The maximum absolute atomic E-state index is 12.8. The summed E-state index contributed by atoms with van der Waals surface area (Å²) in [5, 5.41) is 1.11. The van der Waals surface area contributed by atoms with Crippen LogP contribution in [-0.4, -0.2) is 40.5 Å². The Kier molecular flexibility index (Phi) is 3.77. The van der Waals surface area contributed by atoms with Gasteiger partial charge in [-0.15, -0.1) is 11.3 Å². The van der Waals surface area contributed by atoms with Crippen LogP contribution in [-0.2, 0) is 4.74 Å². The Labute approximate surface area is 137 Å². The number of aromatic nitrogens is 2. The third kappa shape index (κ3) is 2.83. The molecule has 1 atom stereocenters. The molecule has 1 amide bonds. The average Bonchev–Trinajstić information content (AvgIpc) is 3.06. The molecule has 5 nitrogen and oxygen atoms in total. The van der Waals surface area contributed by atoms with Crippen LogP contribution in [0.15, 0.2) is 48.9 Å². The molecular weight excluding hydrogens is 310 g/mol. The SMILES string of the molecule is O=C(c1cc2ccccc2s1)N1CCO[C@H](c2cnccn2)C1. The summed E-state index contributed by atoms with van der Waals surface area (Å²) in [6.45, 7) is 1.62. The smallest absolute Gasteiger partial charge is 0.264 e. The highest BCUT2D eigenvalue weighted by molar-refractivity contribution is 7.20. The highest BCUT2D eigenvalue weighted by Crippen LogP contribution is 2.28. The van der Waals surface area contributed by atoms with Gasteiger partial charge in [0.25, 0.3) is 5.91 Å². The number of rotatable bonds is 2. The van der Waals surface area contributed by atoms with Gasteiger partial charge in [-0.3, -0.25) is 14.8 Å². The van der Waals surface area contributed by atoms with Crippen molar-refractivity contribution in [3.63, 3.8) is 0 Å². The van der Waals surface area contributed by atoms with Gasteiger partial charge < -0.3 is 9.64 Å². The Hall–Kier alpha value is -2.31. The van der Waals surface area contributed by atoms with E-state index in [0.29, 0.717) is 19.7 Å². The topological polar surface area (TPSA) is 55.3 Å². The molecule has 6 heteroatoms. The third-order valence-corrected chi connectivity index (χ3v) is 5.01. The summed E-state index contributed by atoms with van der Waals surface area (Å²) >= 11 is 1.54. The highest BCUT2D eigenvalue weighted by atomic mass is 32.1. The normalized spacial score (nSPS) is 18.3. The summed E-state index contributed by atoms with van der Waals surface area (Å²) in [5.41, 5.74) is 0.765. The van der Waals surface area contributed by atoms with Crippen LogP contribution < -0.4 is 0 Å². The summed E-state index contributed by atoms with van der Waals surface area (Å²) in [5.74, 6) is 0.0587. The van der Waals surface area contributed by atoms with E-state index >= 15 is 0 Å². The molecule has 0 aliphatic carbocycles. The zero-order valence-electron chi connectivity index (χ0n) is 12.4. The van der Waals surface area contributed by atoms with Crippen LogP contribution in [0.1, 0.15) is 21.5 Å². The number of ether oxygens (including phenoxy) is 1. The maximum Gasteiger partial charge on any atom is 0.264 e. The van der Waals surface area contributed by atoms with E-state index in [1.54, 1.807) is 18.6 Å². The van der Waals surface area contributed by atoms with Crippen molar-refractivity contribution < 1.29 is 9.53 Å². The molecular formula is C17H15N3O2S. The Morgan fingerprint density at radius 3 is 3.04 bits per heavy atom. The van der Waals surface area contributed by atoms with Crippen molar-refractivity contribution in [3.05, 3.63) is 59.5 Å². The van der Waals surface area contributed by atoms with Gasteiger partial charge in [-0.05, 0) is 17.5 Å². The Balaban J connectivity index is 1.56. The number of nitrogens with zero attached hydrogens (tertiary/aromatic N) is 3. The average molecular weight is 325 g/mol. The minimum absolute atomic E-state index is 0.0587. The fourth-order valence-electron chi connectivity index (χ4n) is 2.73. The third-order valence-electron chi connectivity index (χ3n) is 3.90. The lowest BCUT2D eigenvalue weighted by Crippen LogP contribution is -2.42. The lowest BCUT2D eigenvalue weighted by molar-refractivity contribution is -0.0247. The van der Waals surface area contributed by atoms with E-state index in [-0.39, 0.29) is 12.0 Å². The molecule has 3 heterocycles. The molecule has 3 aromatic rings.